The third-order valence-electron chi connectivity index (χ3n) is 5.17. The van der Waals surface area contributed by atoms with E-state index in [9.17, 15) is 9.59 Å². The van der Waals surface area contributed by atoms with Crippen LogP contribution in [0.4, 0.5) is 0 Å². The molecule has 2 aromatic carbocycles. The van der Waals surface area contributed by atoms with Gasteiger partial charge in [-0.2, -0.15) is 0 Å². The van der Waals surface area contributed by atoms with Crippen molar-refractivity contribution in [3.8, 4) is 0 Å². The molecule has 0 unspecified atom stereocenters. The Morgan fingerprint density at radius 2 is 1.22 bits per heavy atom. The van der Waals surface area contributed by atoms with Crippen LogP contribution in [0.25, 0.3) is 0 Å². The van der Waals surface area contributed by atoms with Crippen LogP contribution in [0.3, 0.4) is 0 Å². The van der Waals surface area contributed by atoms with Gasteiger partial charge in [0.25, 0.3) is 0 Å². The third-order valence-corrected chi connectivity index (χ3v) is 5.42. The van der Waals surface area contributed by atoms with E-state index in [4.69, 9.17) is 21.4 Å². The number of amides is 2. The van der Waals surface area contributed by atoms with E-state index >= 15 is 0 Å². The van der Waals surface area contributed by atoms with Gasteiger partial charge in [0.2, 0.25) is 11.8 Å². The molecular formula is C30H47ClN2O4. The van der Waals surface area contributed by atoms with E-state index in [2.05, 4.69) is 24.5 Å². The highest BCUT2D eigenvalue weighted by molar-refractivity contribution is 6.27. The molecule has 0 fully saturated rings. The number of ether oxygens (including phenoxy) is 1. The van der Waals surface area contributed by atoms with E-state index in [0.29, 0.717) is 26.3 Å². The monoisotopic (exact) mass is 534 g/mol. The number of hydrogen-bond donors (Lipinski definition) is 3. The molecule has 0 saturated heterocycles. The summed E-state index contributed by atoms with van der Waals surface area (Å²) >= 11 is 5.31. The van der Waals surface area contributed by atoms with E-state index in [1.54, 1.807) is 0 Å². The molecule has 0 aliphatic carbocycles. The molecule has 0 radical (unpaired) electrons. The molecule has 0 spiro atoms. The molecule has 208 valence electrons. The summed E-state index contributed by atoms with van der Waals surface area (Å²) in [5.41, 5.74) is 2.18. The second kappa shape index (κ2) is 26.6. The van der Waals surface area contributed by atoms with Gasteiger partial charge in [-0.1, -0.05) is 113 Å². The van der Waals surface area contributed by atoms with Crippen LogP contribution in [-0.4, -0.2) is 42.6 Å². The first kappa shape index (κ1) is 34.6. The van der Waals surface area contributed by atoms with E-state index in [0.717, 1.165) is 24.0 Å². The molecule has 2 aromatic rings. The molecule has 0 aliphatic rings. The largest absolute Gasteiger partial charge is 0.396 e. The summed E-state index contributed by atoms with van der Waals surface area (Å²) in [6.07, 6.45) is 9.37. The summed E-state index contributed by atoms with van der Waals surface area (Å²) in [4.78, 5) is 22.2. The van der Waals surface area contributed by atoms with Gasteiger partial charge in [-0.15, -0.1) is 11.6 Å². The maximum Gasteiger partial charge on any atom is 0.246 e. The van der Waals surface area contributed by atoms with Gasteiger partial charge in [-0.3, -0.25) is 9.59 Å². The summed E-state index contributed by atoms with van der Waals surface area (Å²) in [6.45, 7) is 6.66. The van der Waals surface area contributed by atoms with Crippen molar-refractivity contribution in [1.82, 2.24) is 10.6 Å². The van der Waals surface area contributed by atoms with Crippen LogP contribution in [-0.2, 0) is 27.4 Å². The Hall–Kier alpha value is -2.41. The number of unbranched alkanes of at least 4 members (excludes halogenated alkanes) is 6. The van der Waals surface area contributed by atoms with Gasteiger partial charge in [0, 0.05) is 26.3 Å². The maximum atomic E-state index is 11.5. The van der Waals surface area contributed by atoms with E-state index in [1.165, 1.54) is 38.5 Å². The number of aliphatic hydroxyl groups is 1. The highest BCUT2D eigenvalue weighted by Crippen LogP contribution is 2.00. The van der Waals surface area contributed by atoms with Gasteiger partial charge in [0.1, 0.15) is 12.5 Å². The van der Waals surface area contributed by atoms with Gasteiger partial charge in [0.15, 0.2) is 0 Å². The number of rotatable bonds is 16. The zero-order chi connectivity index (χ0) is 27.4. The van der Waals surface area contributed by atoms with Gasteiger partial charge < -0.3 is 20.5 Å². The number of benzene rings is 2. The molecule has 0 aromatic heterocycles. The fourth-order valence-corrected chi connectivity index (χ4v) is 3.12. The highest BCUT2D eigenvalue weighted by Gasteiger charge is 2.01. The number of carbonyl (C=O) groups excluding carboxylic acids is 2. The molecule has 3 N–H and O–H groups in total. The molecule has 0 aliphatic heterocycles. The Kier molecular flexibility index (Phi) is 24.9. The Labute approximate surface area is 229 Å². The normalized spacial score (nSPS) is 9.84. The molecule has 2 rings (SSSR count). The second-order valence-corrected chi connectivity index (χ2v) is 8.82. The summed E-state index contributed by atoms with van der Waals surface area (Å²) < 4.78 is 5.32. The molecule has 37 heavy (non-hydrogen) atoms. The van der Waals surface area contributed by atoms with Gasteiger partial charge in [-0.05, 0) is 24.0 Å². The summed E-state index contributed by atoms with van der Waals surface area (Å²) in [7, 11) is 0. The quantitative estimate of drug-likeness (QED) is 0.182. The van der Waals surface area contributed by atoms with Crippen molar-refractivity contribution in [2.45, 2.75) is 78.3 Å². The minimum Gasteiger partial charge on any atom is -0.396 e. The van der Waals surface area contributed by atoms with Crippen molar-refractivity contribution in [1.29, 1.82) is 0 Å². The first-order valence-corrected chi connectivity index (χ1v) is 14.0. The standard InChI is InChI=1S/C15H23NO2.C9H10ClNO.C6H14O/c1-2-3-4-8-11-18-13-15(17)16-12-14-9-6-5-7-10-14;10-6-9(12)11-7-8-4-2-1-3-5-8;1-2-3-4-5-6-7/h5-7,9-10H,2-4,8,11-13H2,1H3,(H,16,17);1-5H,6-7H2,(H,11,12);7H,2-6H2,1H3. The summed E-state index contributed by atoms with van der Waals surface area (Å²) in [6, 6.07) is 19.6. The topological polar surface area (TPSA) is 87.7 Å². The molecule has 0 saturated carbocycles. The van der Waals surface area contributed by atoms with Crippen LogP contribution < -0.4 is 10.6 Å². The lowest BCUT2D eigenvalue weighted by molar-refractivity contribution is -0.126. The van der Waals surface area contributed by atoms with Crippen LogP contribution >= 0.6 is 11.6 Å². The Morgan fingerprint density at radius 1 is 0.730 bits per heavy atom. The fraction of sp³-hybridized carbons (Fsp3) is 0.533. The van der Waals surface area contributed by atoms with Crippen molar-refractivity contribution in [2.24, 2.45) is 0 Å². The first-order valence-electron chi connectivity index (χ1n) is 13.4. The predicted octanol–water partition coefficient (Wildman–Crippen LogP) is 6.00. The van der Waals surface area contributed by atoms with Crippen LogP contribution in [0.5, 0.6) is 0 Å². The molecule has 0 atom stereocenters. The Balaban J connectivity index is 0.000000586. The Bertz CT molecular complexity index is 772. The number of aliphatic hydroxyl groups excluding tert-OH is 1. The average Bonchev–Trinajstić information content (AvgIpc) is 2.94. The number of nitrogens with one attached hydrogen (secondary N) is 2. The van der Waals surface area contributed by atoms with Crippen molar-refractivity contribution < 1.29 is 19.4 Å². The molecular weight excluding hydrogens is 488 g/mol. The third kappa shape index (κ3) is 23.7. The van der Waals surface area contributed by atoms with E-state index < -0.39 is 0 Å². The van der Waals surface area contributed by atoms with Crippen molar-refractivity contribution >= 4 is 23.4 Å². The van der Waals surface area contributed by atoms with E-state index in [1.807, 2.05) is 60.7 Å². The molecule has 2 amide bonds. The molecule has 0 heterocycles. The molecule has 6 nitrogen and oxygen atoms in total. The first-order chi connectivity index (χ1) is 18.1. The number of halogens is 1. The number of hydrogen-bond acceptors (Lipinski definition) is 4. The van der Waals surface area contributed by atoms with Crippen molar-refractivity contribution in [2.75, 3.05) is 25.7 Å². The van der Waals surface area contributed by atoms with Crippen LogP contribution in [0, 0.1) is 0 Å². The summed E-state index contributed by atoms with van der Waals surface area (Å²) in [5, 5.41) is 13.8. The van der Waals surface area contributed by atoms with Gasteiger partial charge in [-0.25, -0.2) is 0 Å². The lowest BCUT2D eigenvalue weighted by Gasteiger charge is -2.06. The van der Waals surface area contributed by atoms with Crippen LogP contribution in [0.2, 0.25) is 0 Å². The van der Waals surface area contributed by atoms with Gasteiger partial charge in [0.05, 0.1) is 0 Å². The number of alkyl halides is 1. The fourth-order valence-electron chi connectivity index (χ4n) is 3.03. The van der Waals surface area contributed by atoms with Crippen LogP contribution in [0.15, 0.2) is 60.7 Å². The lowest BCUT2D eigenvalue weighted by Crippen LogP contribution is -2.27. The second-order valence-electron chi connectivity index (χ2n) is 8.56. The number of carbonyl (C=O) groups is 2. The van der Waals surface area contributed by atoms with Crippen molar-refractivity contribution in [3.63, 3.8) is 0 Å². The maximum absolute atomic E-state index is 11.5. The smallest absolute Gasteiger partial charge is 0.246 e. The van der Waals surface area contributed by atoms with Crippen LogP contribution in [0.1, 0.15) is 76.3 Å². The zero-order valence-electron chi connectivity index (χ0n) is 22.7. The average molecular weight is 535 g/mol. The van der Waals surface area contributed by atoms with E-state index in [-0.39, 0.29) is 24.3 Å². The predicted molar refractivity (Wildman–Crippen MR) is 153 cm³/mol. The lowest BCUT2D eigenvalue weighted by atomic mass is 10.2. The minimum absolute atomic E-state index is 0.0207. The SMILES string of the molecule is CCCCCCO.CCCCCCOCC(=O)NCc1ccccc1.O=C(CCl)NCc1ccccc1. The highest BCUT2D eigenvalue weighted by atomic mass is 35.5. The molecule has 0 bridgehead atoms. The summed E-state index contributed by atoms with van der Waals surface area (Å²) in [5.74, 6) is -0.165. The zero-order valence-corrected chi connectivity index (χ0v) is 23.5. The van der Waals surface area contributed by atoms with Crippen molar-refractivity contribution in [3.05, 3.63) is 71.8 Å². The molecule has 7 heteroatoms. The minimum atomic E-state index is -0.138. The van der Waals surface area contributed by atoms with Gasteiger partial charge >= 0.3 is 0 Å². The Morgan fingerprint density at radius 3 is 1.68 bits per heavy atom.